The van der Waals surface area contributed by atoms with E-state index in [0.29, 0.717) is 24.3 Å². The molecule has 4 nitrogen and oxygen atoms in total. The predicted octanol–water partition coefficient (Wildman–Crippen LogP) is 1.19. The molecule has 4 atom stereocenters. The van der Waals surface area contributed by atoms with E-state index < -0.39 is 5.72 Å². The van der Waals surface area contributed by atoms with Crippen molar-refractivity contribution in [3.05, 3.63) is 0 Å². The van der Waals surface area contributed by atoms with Crippen molar-refractivity contribution in [3.63, 3.8) is 0 Å². The second-order valence-corrected chi connectivity index (χ2v) is 6.91. The zero-order chi connectivity index (χ0) is 13.0. The first kappa shape index (κ1) is 12.2. The van der Waals surface area contributed by atoms with E-state index in [-0.39, 0.29) is 5.91 Å². The maximum Gasteiger partial charge on any atom is 0.224 e. The third-order valence-corrected chi connectivity index (χ3v) is 6.01. The zero-order valence-corrected chi connectivity index (χ0v) is 11.6. The molecule has 4 heterocycles. The van der Waals surface area contributed by atoms with Crippen LogP contribution in [-0.4, -0.2) is 52.2 Å². The van der Waals surface area contributed by atoms with Crippen molar-refractivity contribution < 1.29 is 9.90 Å². The van der Waals surface area contributed by atoms with Crippen molar-refractivity contribution in [2.24, 2.45) is 11.8 Å². The summed E-state index contributed by atoms with van der Waals surface area (Å²) >= 11 is 0. The van der Waals surface area contributed by atoms with E-state index in [9.17, 15) is 9.90 Å². The highest BCUT2D eigenvalue weighted by Gasteiger charge is 2.57. The molecule has 0 radical (unpaired) electrons. The second-order valence-electron chi connectivity index (χ2n) is 6.91. The van der Waals surface area contributed by atoms with E-state index in [1.54, 1.807) is 0 Å². The van der Waals surface area contributed by atoms with Crippen molar-refractivity contribution in [1.29, 1.82) is 0 Å². The van der Waals surface area contributed by atoms with E-state index in [1.807, 2.05) is 4.90 Å². The maximum atomic E-state index is 12.2. The van der Waals surface area contributed by atoms with E-state index in [0.717, 1.165) is 25.8 Å². The van der Waals surface area contributed by atoms with Crippen molar-refractivity contribution >= 4 is 5.91 Å². The lowest BCUT2D eigenvalue weighted by Crippen LogP contribution is -2.72. The number of rotatable bonds is 0. The van der Waals surface area contributed by atoms with Gasteiger partial charge in [0.25, 0.3) is 0 Å². The molecule has 4 fully saturated rings. The van der Waals surface area contributed by atoms with E-state index >= 15 is 0 Å². The third kappa shape index (κ3) is 1.62. The molecule has 4 rings (SSSR count). The van der Waals surface area contributed by atoms with Crippen LogP contribution in [0.5, 0.6) is 0 Å². The molecule has 19 heavy (non-hydrogen) atoms. The van der Waals surface area contributed by atoms with Crippen LogP contribution in [0.15, 0.2) is 0 Å². The summed E-state index contributed by atoms with van der Waals surface area (Å²) in [5.74, 6) is 1.08. The van der Waals surface area contributed by atoms with Gasteiger partial charge in [0.2, 0.25) is 5.91 Å². The summed E-state index contributed by atoms with van der Waals surface area (Å²) in [6.45, 7) is 3.19. The van der Waals surface area contributed by atoms with Crippen LogP contribution < -0.4 is 0 Å². The molecule has 1 amide bonds. The Morgan fingerprint density at radius 3 is 2.79 bits per heavy atom. The number of amides is 1. The molecule has 0 aromatic carbocycles. The average molecular weight is 264 g/mol. The van der Waals surface area contributed by atoms with Crippen LogP contribution in [0.4, 0.5) is 0 Å². The van der Waals surface area contributed by atoms with Crippen molar-refractivity contribution in [3.8, 4) is 0 Å². The number of carbonyl (C=O) groups excluding carboxylic acids is 1. The van der Waals surface area contributed by atoms with Crippen LogP contribution in [0.25, 0.3) is 0 Å². The molecule has 0 unspecified atom stereocenters. The quantitative estimate of drug-likeness (QED) is 0.715. The van der Waals surface area contributed by atoms with Gasteiger partial charge in [-0.25, -0.2) is 0 Å². The van der Waals surface area contributed by atoms with Crippen LogP contribution in [-0.2, 0) is 4.79 Å². The molecule has 0 aliphatic carbocycles. The highest BCUT2D eigenvalue weighted by molar-refractivity contribution is 5.78. The fourth-order valence-electron chi connectivity index (χ4n) is 5.27. The summed E-state index contributed by atoms with van der Waals surface area (Å²) in [6, 6.07) is 0.537. The van der Waals surface area contributed by atoms with Gasteiger partial charge in [-0.05, 0) is 57.5 Å². The molecule has 0 aromatic heterocycles. The lowest BCUT2D eigenvalue weighted by Gasteiger charge is -2.62. The lowest BCUT2D eigenvalue weighted by molar-refractivity contribution is -0.234. The van der Waals surface area contributed by atoms with Crippen LogP contribution >= 0.6 is 0 Å². The van der Waals surface area contributed by atoms with Gasteiger partial charge in [0, 0.05) is 24.9 Å². The van der Waals surface area contributed by atoms with Gasteiger partial charge in [0.15, 0.2) is 0 Å². The highest BCUT2D eigenvalue weighted by Crippen LogP contribution is 2.49. The normalized spacial score (nSPS) is 46.7. The first-order valence-corrected chi connectivity index (χ1v) is 7.97. The maximum absolute atomic E-state index is 12.2. The fourth-order valence-corrected chi connectivity index (χ4v) is 5.27. The minimum Gasteiger partial charge on any atom is -0.370 e. The van der Waals surface area contributed by atoms with E-state index in [4.69, 9.17) is 0 Å². The topological polar surface area (TPSA) is 43.8 Å². The van der Waals surface area contributed by atoms with Gasteiger partial charge in [0.05, 0.1) is 0 Å². The smallest absolute Gasteiger partial charge is 0.224 e. The van der Waals surface area contributed by atoms with Gasteiger partial charge in [-0.1, -0.05) is 0 Å². The molecule has 0 saturated carbocycles. The highest BCUT2D eigenvalue weighted by atomic mass is 16.3. The summed E-state index contributed by atoms with van der Waals surface area (Å²) in [7, 11) is 0. The Morgan fingerprint density at radius 1 is 1.16 bits per heavy atom. The summed E-state index contributed by atoms with van der Waals surface area (Å²) in [4.78, 5) is 16.7. The molecule has 4 aliphatic heterocycles. The SMILES string of the molecule is O=C1CCC[C@]2(O)[C@H]3CCCN4CCC[C@@H](CN12)[C@H]34. The Morgan fingerprint density at radius 2 is 1.95 bits per heavy atom. The number of piperidine rings is 4. The Kier molecular flexibility index (Phi) is 2.68. The largest absolute Gasteiger partial charge is 0.370 e. The standard InChI is InChI=1S/C15H24N2O2/c18-13-6-1-7-15(19)12-5-3-9-16-8-2-4-11(14(12)16)10-17(13)15/h11-12,14,19H,1-10H2/t11-,12-,14+,15-/m0/s1. The van der Waals surface area contributed by atoms with Crippen molar-refractivity contribution in [2.75, 3.05) is 19.6 Å². The molecule has 4 heteroatoms. The number of hydrogen-bond donors (Lipinski definition) is 1. The van der Waals surface area contributed by atoms with Gasteiger partial charge in [-0.3, -0.25) is 9.69 Å². The molecular formula is C15H24N2O2. The molecule has 0 spiro atoms. The number of aliphatic hydroxyl groups is 1. The summed E-state index contributed by atoms with van der Waals surface area (Å²) < 4.78 is 0. The van der Waals surface area contributed by atoms with E-state index in [1.165, 1.54) is 32.4 Å². The van der Waals surface area contributed by atoms with Crippen LogP contribution in [0.1, 0.15) is 44.9 Å². The van der Waals surface area contributed by atoms with Crippen LogP contribution in [0, 0.1) is 11.8 Å². The third-order valence-electron chi connectivity index (χ3n) is 6.01. The van der Waals surface area contributed by atoms with Crippen molar-refractivity contribution in [2.45, 2.75) is 56.7 Å². The van der Waals surface area contributed by atoms with Gasteiger partial charge >= 0.3 is 0 Å². The number of carbonyl (C=O) groups is 1. The molecular weight excluding hydrogens is 240 g/mol. The Balaban J connectivity index is 1.72. The molecule has 4 saturated heterocycles. The summed E-state index contributed by atoms with van der Waals surface area (Å²) in [5, 5.41) is 11.2. The van der Waals surface area contributed by atoms with Crippen LogP contribution in [0.2, 0.25) is 0 Å². The van der Waals surface area contributed by atoms with E-state index in [2.05, 4.69) is 4.90 Å². The molecule has 1 N–H and O–H groups in total. The van der Waals surface area contributed by atoms with Gasteiger partial charge in [-0.2, -0.15) is 0 Å². The number of nitrogens with zero attached hydrogens (tertiary/aromatic N) is 2. The first-order valence-electron chi connectivity index (χ1n) is 7.97. The van der Waals surface area contributed by atoms with Gasteiger partial charge in [0.1, 0.15) is 5.72 Å². The minimum atomic E-state index is -0.827. The average Bonchev–Trinajstić information content (AvgIpc) is 2.42. The molecule has 4 aliphatic rings. The summed E-state index contributed by atoms with van der Waals surface area (Å²) in [5.41, 5.74) is -0.827. The molecule has 0 aromatic rings. The molecule has 106 valence electrons. The minimum absolute atomic E-state index is 0.190. The first-order chi connectivity index (χ1) is 9.20. The number of hydrogen-bond acceptors (Lipinski definition) is 3. The second kappa shape index (κ2) is 4.19. The Bertz CT molecular complexity index is 398. The van der Waals surface area contributed by atoms with Gasteiger partial charge < -0.3 is 10.0 Å². The van der Waals surface area contributed by atoms with Gasteiger partial charge in [-0.15, -0.1) is 0 Å². The fraction of sp³-hybridized carbons (Fsp3) is 0.933. The van der Waals surface area contributed by atoms with Crippen LogP contribution in [0.3, 0.4) is 0 Å². The predicted molar refractivity (Wildman–Crippen MR) is 71.3 cm³/mol. The Hall–Kier alpha value is -0.610. The zero-order valence-electron chi connectivity index (χ0n) is 11.6. The Labute approximate surface area is 114 Å². The molecule has 0 bridgehead atoms. The monoisotopic (exact) mass is 264 g/mol. The number of fused-ring (bicyclic) bond motifs is 2. The summed E-state index contributed by atoms with van der Waals surface area (Å²) in [6.07, 6.45) is 7.05. The van der Waals surface area contributed by atoms with Crippen molar-refractivity contribution in [1.82, 2.24) is 9.80 Å². The lowest BCUT2D eigenvalue weighted by atomic mass is 9.66.